The highest BCUT2D eigenvalue weighted by atomic mass is 16.5. The van der Waals surface area contributed by atoms with Gasteiger partial charge in [0.15, 0.2) is 0 Å². The lowest BCUT2D eigenvalue weighted by atomic mass is 9.91. The Balaban J connectivity index is 1.40. The maximum atomic E-state index is 9.25. The molecular weight excluding hydrogens is 424 g/mol. The highest BCUT2D eigenvalue weighted by Crippen LogP contribution is 2.21. The third-order valence-corrected chi connectivity index (χ3v) is 6.23. The Morgan fingerprint density at radius 2 is 2.00 bits per heavy atom. The monoisotopic (exact) mass is 456 g/mol. The van der Waals surface area contributed by atoms with Gasteiger partial charge < -0.3 is 19.9 Å². The Kier molecular flexibility index (Phi) is 7.47. The molecule has 0 amide bonds. The topological polar surface area (TPSA) is 87.8 Å². The van der Waals surface area contributed by atoms with E-state index >= 15 is 0 Å². The third kappa shape index (κ3) is 5.56. The summed E-state index contributed by atoms with van der Waals surface area (Å²) >= 11 is 0. The minimum atomic E-state index is -0.596. The molecule has 4 heterocycles. The molecule has 176 valence electrons. The molecule has 0 radical (unpaired) electrons. The largest absolute Gasteiger partial charge is 0.381 e. The van der Waals surface area contributed by atoms with Crippen molar-refractivity contribution in [3.63, 3.8) is 0 Å². The van der Waals surface area contributed by atoms with Crippen LogP contribution in [-0.2, 0) is 23.2 Å². The molecule has 0 bridgehead atoms. The second kappa shape index (κ2) is 10.7. The normalized spacial score (nSPS) is 14.4. The second-order valence-corrected chi connectivity index (χ2v) is 9.10. The first-order chi connectivity index (χ1) is 16.5. The molecule has 1 fully saturated rings. The molecule has 2 N–H and O–H groups in total. The number of ether oxygens (including phenoxy) is 1. The van der Waals surface area contributed by atoms with Crippen LogP contribution in [0.1, 0.15) is 50.7 Å². The molecular formula is C27H32N6O. The first kappa shape index (κ1) is 23.8. The lowest BCUT2D eigenvalue weighted by Gasteiger charge is -2.23. The number of rotatable bonds is 7. The van der Waals surface area contributed by atoms with E-state index < -0.39 is 5.41 Å². The summed E-state index contributed by atoms with van der Waals surface area (Å²) in [7, 11) is 0. The van der Waals surface area contributed by atoms with E-state index in [0.29, 0.717) is 12.6 Å². The molecule has 34 heavy (non-hydrogen) atoms. The minimum absolute atomic E-state index is 0.504. The van der Waals surface area contributed by atoms with Crippen LogP contribution < -0.4 is 10.6 Å². The number of hydrogen-bond donors (Lipinski definition) is 2. The summed E-state index contributed by atoms with van der Waals surface area (Å²) in [5.41, 5.74) is 4.18. The van der Waals surface area contributed by atoms with Gasteiger partial charge in [-0.25, -0.2) is 0 Å². The average molecular weight is 457 g/mol. The molecule has 0 saturated carbocycles. The number of aryl methyl sites for hydroxylation is 1. The van der Waals surface area contributed by atoms with Crippen LogP contribution >= 0.6 is 0 Å². The van der Waals surface area contributed by atoms with Crippen LogP contribution in [0.15, 0.2) is 36.7 Å². The van der Waals surface area contributed by atoms with Crippen LogP contribution in [0, 0.1) is 23.2 Å². The van der Waals surface area contributed by atoms with E-state index in [2.05, 4.69) is 62.1 Å². The van der Waals surface area contributed by atoms with Crippen LogP contribution in [0.25, 0.3) is 10.9 Å². The van der Waals surface area contributed by atoms with E-state index in [-0.39, 0.29) is 0 Å². The van der Waals surface area contributed by atoms with Crippen LogP contribution in [-0.4, -0.2) is 40.3 Å². The van der Waals surface area contributed by atoms with Gasteiger partial charge in [-0.15, -0.1) is 0 Å². The first-order valence-corrected chi connectivity index (χ1v) is 11.9. The highest BCUT2D eigenvalue weighted by Gasteiger charge is 2.20. The van der Waals surface area contributed by atoms with Crippen LogP contribution in [0.3, 0.4) is 0 Å². The summed E-state index contributed by atoms with van der Waals surface area (Å²) in [5, 5.41) is 17.3. The van der Waals surface area contributed by atoms with Crippen molar-refractivity contribution in [3.8, 4) is 17.9 Å². The maximum absolute atomic E-state index is 9.25. The summed E-state index contributed by atoms with van der Waals surface area (Å²) in [5.74, 6) is 6.52. The van der Waals surface area contributed by atoms with Crippen molar-refractivity contribution < 1.29 is 4.74 Å². The van der Waals surface area contributed by atoms with Crippen molar-refractivity contribution in [2.75, 3.05) is 25.1 Å². The molecule has 3 aromatic rings. The Labute approximate surface area is 201 Å². The fraction of sp³-hybridized carbons (Fsp3) is 0.444. The van der Waals surface area contributed by atoms with Gasteiger partial charge in [-0.1, -0.05) is 5.92 Å². The summed E-state index contributed by atoms with van der Waals surface area (Å²) in [4.78, 5) is 9.09. The van der Waals surface area contributed by atoms with Gasteiger partial charge in [-0.3, -0.25) is 9.97 Å². The molecule has 0 aromatic carbocycles. The van der Waals surface area contributed by atoms with Crippen molar-refractivity contribution in [2.45, 2.75) is 58.2 Å². The van der Waals surface area contributed by atoms with E-state index in [4.69, 9.17) is 4.74 Å². The van der Waals surface area contributed by atoms with Gasteiger partial charge >= 0.3 is 0 Å². The lowest BCUT2D eigenvalue weighted by Crippen LogP contribution is -2.34. The van der Waals surface area contributed by atoms with Gasteiger partial charge in [0.1, 0.15) is 0 Å². The first-order valence-electron chi connectivity index (χ1n) is 11.9. The second-order valence-electron chi connectivity index (χ2n) is 9.10. The number of aromatic nitrogens is 3. The lowest BCUT2D eigenvalue weighted by molar-refractivity contribution is 0.0775. The van der Waals surface area contributed by atoms with Crippen LogP contribution in [0.5, 0.6) is 0 Å². The van der Waals surface area contributed by atoms with E-state index in [9.17, 15) is 5.26 Å². The Hall–Kier alpha value is -3.39. The van der Waals surface area contributed by atoms with Crippen molar-refractivity contribution in [3.05, 3.63) is 53.7 Å². The zero-order valence-electron chi connectivity index (χ0n) is 20.2. The SMILES string of the molecule is CCn1c(C#CCNc2ccc(C(C)(C)C#N)nc2)cc2cc(CNC3CCOCC3)ncc21. The third-order valence-electron chi connectivity index (χ3n) is 6.23. The number of nitrogens with zero attached hydrogens (tertiary/aromatic N) is 4. The summed E-state index contributed by atoms with van der Waals surface area (Å²) in [6.45, 7) is 9.63. The smallest absolute Gasteiger partial charge is 0.0937 e. The standard InChI is InChI=1S/C27H32N6O/c1-4-33-24(6-5-11-29-22-7-8-26(32-16-22)27(2,3)19-28)15-20-14-23(31-18-25(20)33)17-30-21-9-12-34-13-10-21/h7-8,14-16,18,21,29-30H,4,9-13,17H2,1-3H3. The maximum Gasteiger partial charge on any atom is 0.0937 e. The van der Waals surface area contributed by atoms with E-state index in [1.54, 1.807) is 6.20 Å². The molecule has 0 unspecified atom stereocenters. The van der Waals surface area contributed by atoms with Crippen molar-refractivity contribution in [1.82, 2.24) is 19.9 Å². The van der Waals surface area contributed by atoms with Gasteiger partial charge in [0.2, 0.25) is 0 Å². The molecule has 7 nitrogen and oxygen atoms in total. The fourth-order valence-corrected chi connectivity index (χ4v) is 4.10. The van der Waals surface area contributed by atoms with Crippen molar-refractivity contribution in [2.24, 2.45) is 0 Å². The fourth-order valence-electron chi connectivity index (χ4n) is 4.10. The number of nitrogens with one attached hydrogen (secondary N) is 2. The van der Waals surface area contributed by atoms with Gasteiger partial charge in [-0.2, -0.15) is 5.26 Å². The van der Waals surface area contributed by atoms with Crippen molar-refractivity contribution in [1.29, 1.82) is 5.26 Å². The van der Waals surface area contributed by atoms with Crippen LogP contribution in [0.2, 0.25) is 0 Å². The summed E-state index contributed by atoms with van der Waals surface area (Å²) in [6, 6.07) is 10.9. The number of pyridine rings is 2. The molecule has 7 heteroatoms. The predicted octanol–water partition coefficient (Wildman–Crippen LogP) is 3.98. The van der Waals surface area contributed by atoms with Gasteiger partial charge in [0.05, 0.1) is 58.7 Å². The van der Waals surface area contributed by atoms with E-state index in [1.165, 1.54) is 0 Å². The number of nitriles is 1. The van der Waals surface area contributed by atoms with Crippen molar-refractivity contribution >= 4 is 16.6 Å². The molecule has 1 aliphatic rings. The quantitative estimate of drug-likeness (QED) is 0.523. The van der Waals surface area contributed by atoms with Gasteiger partial charge in [-0.05, 0) is 63.8 Å². The molecule has 0 atom stereocenters. The zero-order valence-corrected chi connectivity index (χ0v) is 20.2. The van der Waals surface area contributed by atoms with Gasteiger partial charge in [0.25, 0.3) is 0 Å². The number of fused-ring (bicyclic) bond motifs is 1. The Morgan fingerprint density at radius 3 is 2.71 bits per heavy atom. The van der Waals surface area contributed by atoms with E-state index in [1.807, 2.05) is 32.2 Å². The molecule has 0 aliphatic carbocycles. The van der Waals surface area contributed by atoms with Crippen LogP contribution in [0.4, 0.5) is 5.69 Å². The molecule has 1 saturated heterocycles. The zero-order chi connectivity index (χ0) is 24.0. The minimum Gasteiger partial charge on any atom is -0.381 e. The molecule has 4 rings (SSSR count). The summed E-state index contributed by atoms with van der Waals surface area (Å²) in [6.07, 6.45) is 5.82. The summed E-state index contributed by atoms with van der Waals surface area (Å²) < 4.78 is 7.63. The van der Waals surface area contributed by atoms with Gasteiger partial charge in [0, 0.05) is 37.7 Å². The molecule has 0 spiro atoms. The highest BCUT2D eigenvalue weighted by molar-refractivity contribution is 5.82. The number of anilines is 1. The number of hydrogen-bond acceptors (Lipinski definition) is 6. The Morgan fingerprint density at radius 1 is 1.18 bits per heavy atom. The van der Waals surface area contributed by atoms with E-state index in [0.717, 1.165) is 72.8 Å². The molecule has 3 aromatic heterocycles. The average Bonchev–Trinajstić information content (AvgIpc) is 3.22. The Bertz CT molecular complexity index is 1220. The molecule has 1 aliphatic heterocycles. The predicted molar refractivity (Wildman–Crippen MR) is 134 cm³/mol.